The van der Waals surface area contributed by atoms with Crippen molar-refractivity contribution in [1.82, 2.24) is 4.98 Å². The molecule has 0 spiro atoms. The molecule has 0 unspecified atom stereocenters. The summed E-state index contributed by atoms with van der Waals surface area (Å²) in [4.78, 5) is 5.31. The molecule has 90 valence electrons. The molecule has 1 aromatic carbocycles. The van der Waals surface area contributed by atoms with E-state index >= 15 is 0 Å². The summed E-state index contributed by atoms with van der Waals surface area (Å²) >= 11 is 13.5. The van der Waals surface area contributed by atoms with Gasteiger partial charge in [-0.15, -0.1) is 11.3 Å². The number of aryl methyl sites for hydroxylation is 1. The average molecular weight is 288 g/mol. The topological polar surface area (TPSA) is 33.1 Å². The molecule has 2 nitrogen and oxygen atoms in total. The zero-order chi connectivity index (χ0) is 12.4. The summed E-state index contributed by atoms with van der Waals surface area (Å²) < 4.78 is 0. The van der Waals surface area contributed by atoms with Gasteiger partial charge in [-0.2, -0.15) is 0 Å². The number of nitrogens with zero attached hydrogens (tertiary/aromatic N) is 1. The Bertz CT molecular complexity index is 539. The van der Waals surface area contributed by atoms with Crippen molar-refractivity contribution in [2.24, 2.45) is 0 Å². The van der Waals surface area contributed by atoms with Crippen molar-refractivity contribution in [3.63, 3.8) is 0 Å². The largest absolute Gasteiger partial charge is 0.391 e. The first-order valence-electron chi connectivity index (χ1n) is 5.10. The second-order valence-electron chi connectivity index (χ2n) is 3.69. The third kappa shape index (κ3) is 2.99. The molecule has 0 saturated heterocycles. The Morgan fingerprint density at radius 2 is 2.12 bits per heavy atom. The zero-order valence-corrected chi connectivity index (χ0v) is 11.5. The summed E-state index contributed by atoms with van der Waals surface area (Å²) in [6, 6.07) is 5.45. The Hall–Kier alpha value is -0.610. The number of hydrogen-bond acceptors (Lipinski definition) is 3. The van der Waals surface area contributed by atoms with Gasteiger partial charge in [0, 0.05) is 16.5 Å². The number of thiazole rings is 1. The smallest absolute Gasteiger partial charge is 0.0976 e. The highest BCUT2D eigenvalue weighted by atomic mass is 35.5. The maximum absolute atomic E-state index is 9.12. The van der Waals surface area contributed by atoms with Crippen molar-refractivity contribution < 1.29 is 5.11 Å². The molecule has 1 heterocycles. The normalized spacial score (nSPS) is 10.8. The van der Waals surface area contributed by atoms with E-state index in [1.165, 1.54) is 11.3 Å². The van der Waals surface area contributed by atoms with Gasteiger partial charge in [0.1, 0.15) is 0 Å². The summed E-state index contributed by atoms with van der Waals surface area (Å²) in [7, 11) is 0. The maximum atomic E-state index is 9.12. The van der Waals surface area contributed by atoms with E-state index in [0.717, 1.165) is 21.1 Å². The number of hydrogen-bond donors (Lipinski definition) is 1. The van der Waals surface area contributed by atoms with Crippen molar-refractivity contribution in [2.45, 2.75) is 20.0 Å². The van der Waals surface area contributed by atoms with Crippen molar-refractivity contribution in [3.05, 3.63) is 49.4 Å². The molecule has 0 amide bonds. The summed E-state index contributed by atoms with van der Waals surface area (Å²) in [5, 5.41) is 11.3. The number of aliphatic hydroxyl groups excluding tert-OH is 1. The highest BCUT2D eigenvalue weighted by Gasteiger charge is 2.09. The molecule has 1 aromatic heterocycles. The van der Waals surface area contributed by atoms with Crippen molar-refractivity contribution in [2.75, 3.05) is 0 Å². The van der Waals surface area contributed by atoms with Gasteiger partial charge in [-0.05, 0) is 24.6 Å². The number of benzene rings is 1. The molecular formula is C12H11Cl2NOS. The van der Waals surface area contributed by atoms with Gasteiger partial charge in [-0.25, -0.2) is 4.98 Å². The van der Waals surface area contributed by atoms with Crippen LogP contribution in [-0.2, 0) is 13.0 Å². The Morgan fingerprint density at radius 3 is 2.71 bits per heavy atom. The minimum Gasteiger partial charge on any atom is -0.391 e. The SMILES string of the molecule is Cc1nc(Cc2ccc(Cl)cc2Cl)sc1CO. The Balaban J connectivity index is 2.25. The van der Waals surface area contributed by atoms with E-state index in [1.807, 2.05) is 19.1 Å². The Kier molecular flexibility index (Phi) is 4.05. The van der Waals surface area contributed by atoms with Crippen molar-refractivity contribution in [1.29, 1.82) is 0 Å². The number of aromatic nitrogens is 1. The predicted molar refractivity (Wildman–Crippen MR) is 72.0 cm³/mol. The summed E-state index contributed by atoms with van der Waals surface area (Å²) in [5.41, 5.74) is 1.88. The number of halogens is 2. The van der Waals surface area contributed by atoms with Crippen LogP contribution in [0.3, 0.4) is 0 Å². The van der Waals surface area contributed by atoms with Crippen LogP contribution in [0.2, 0.25) is 10.0 Å². The predicted octanol–water partition coefficient (Wildman–Crippen LogP) is 3.84. The van der Waals surface area contributed by atoms with Gasteiger partial charge in [0.05, 0.1) is 22.2 Å². The standard InChI is InChI=1S/C12H11Cl2NOS/c1-7-11(6-16)17-12(15-7)4-8-2-3-9(13)5-10(8)14/h2-3,5,16H,4,6H2,1H3. The van der Waals surface area contributed by atoms with Gasteiger partial charge in [-0.3, -0.25) is 0 Å². The summed E-state index contributed by atoms with van der Waals surface area (Å²) in [6.07, 6.45) is 0.668. The third-order valence-electron chi connectivity index (χ3n) is 2.44. The molecule has 2 rings (SSSR count). The fourth-order valence-electron chi connectivity index (χ4n) is 1.54. The molecule has 0 atom stereocenters. The monoisotopic (exact) mass is 287 g/mol. The molecule has 0 bridgehead atoms. The molecule has 0 aliphatic rings. The third-order valence-corrected chi connectivity index (χ3v) is 4.17. The summed E-state index contributed by atoms with van der Waals surface area (Å²) in [5.74, 6) is 0. The van der Waals surface area contributed by atoms with Crippen molar-refractivity contribution in [3.8, 4) is 0 Å². The van der Waals surface area contributed by atoms with Gasteiger partial charge in [-0.1, -0.05) is 29.3 Å². The molecule has 17 heavy (non-hydrogen) atoms. The first-order chi connectivity index (χ1) is 8.10. The fraction of sp³-hybridized carbons (Fsp3) is 0.250. The van der Waals surface area contributed by atoms with Crippen LogP contribution in [0.5, 0.6) is 0 Å². The van der Waals surface area contributed by atoms with Crippen LogP contribution >= 0.6 is 34.5 Å². The molecule has 0 aliphatic carbocycles. The number of aliphatic hydroxyl groups is 1. The van der Waals surface area contributed by atoms with Crippen molar-refractivity contribution >= 4 is 34.5 Å². The molecule has 2 aromatic rings. The second kappa shape index (κ2) is 5.36. The molecular weight excluding hydrogens is 277 g/mol. The van der Waals surface area contributed by atoms with Crippen LogP contribution < -0.4 is 0 Å². The summed E-state index contributed by atoms with van der Waals surface area (Å²) in [6.45, 7) is 1.94. The van der Waals surface area contributed by atoms with Gasteiger partial charge < -0.3 is 5.11 Å². The lowest BCUT2D eigenvalue weighted by atomic mass is 10.1. The lowest BCUT2D eigenvalue weighted by Crippen LogP contribution is -1.88. The van der Waals surface area contributed by atoms with Crippen LogP contribution in [0.15, 0.2) is 18.2 Å². The van der Waals surface area contributed by atoms with Gasteiger partial charge >= 0.3 is 0 Å². The average Bonchev–Trinajstić information content (AvgIpc) is 2.63. The van der Waals surface area contributed by atoms with Gasteiger partial charge in [0.15, 0.2) is 0 Å². The van der Waals surface area contributed by atoms with Gasteiger partial charge in [0.25, 0.3) is 0 Å². The molecule has 1 N–H and O–H groups in total. The zero-order valence-electron chi connectivity index (χ0n) is 9.20. The maximum Gasteiger partial charge on any atom is 0.0976 e. The molecule has 0 radical (unpaired) electrons. The van der Waals surface area contributed by atoms with E-state index in [1.54, 1.807) is 6.07 Å². The highest BCUT2D eigenvalue weighted by Crippen LogP contribution is 2.26. The van der Waals surface area contributed by atoms with E-state index in [9.17, 15) is 0 Å². The highest BCUT2D eigenvalue weighted by molar-refractivity contribution is 7.11. The quantitative estimate of drug-likeness (QED) is 0.930. The van der Waals surface area contributed by atoms with E-state index in [-0.39, 0.29) is 6.61 Å². The second-order valence-corrected chi connectivity index (χ2v) is 5.70. The first-order valence-corrected chi connectivity index (χ1v) is 6.67. The van der Waals surface area contributed by atoms with E-state index < -0.39 is 0 Å². The van der Waals surface area contributed by atoms with Crippen LogP contribution in [0.1, 0.15) is 21.1 Å². The molecule has 0 fully saturated rings. The molecule has 5 heteroatoms. The van der Waals surface area contributed by atoms with Crippen LogP contribution in [0, 0.1) is 6.92 Å². The van der Waals surface area contributed by atoms with Crippen LogP contribution in [-0.4, -0.2) is 10.1 Å². The first kappa shape index (κ1) is 12.8. The van der Waals surface area contributed by atoms with E-state index in [2.05, 4.69) is 4.98 Å². The molecule has 0 aliphatic heterocycles. The fourth-order valence-corrected chi connectivity index (χ4v) is 2.97. The number of rotatable bonds is 3. The van der Waals surface area contributed by atoms with Gasteiger partial charge in [0.2, 0.25) is 0 Å². The lowest BCUT2D eigenvalue weighted by molar-refractivity contribution is 0.284. The van der Waals surface area contributed by atoms with E-state index in [4.69, 9.17) is 28.3 Å². The molecule has 0 saturated carbocycles. The Morgan fingerprint density at radius 1 is 1.35 bits per heavy atom. The lowest BCUT2D eigenvalue weighted by Gasteiger charge is -2.01. The minimum absolute atomic E-state index is 0.0395. The van der Waals surface area contributed by atoms with E-state index in [0.29, 0.717) is 16.5 Å². The minimum atomic E-state index is 0.0395. The Labute approximate surface area is 114 Å². The van der Waals surface area contributed by atoms with Crippen LogP contribution in [0.4, 0.5) is 0 Å². The van der Waals surface area contributed by atoms with Crippen LogP contribution in [0.25, 0.3) is 0 Å².